The quantitative estimate of drug-likeness (QED) is 0.689. The van der Waals surface area contributed by atoms with E-state index in [1.165, 1.54) is 11.1 Å². The van der Waals surface area contributed by atoms with Gasteiger partial charge in [-0.15, -0.1) is 0 Å². The smallest absolute Gasteiger partial charge is 0.118 e. The maximum Gasteiger partial charge on any atom is 0.118 e. The van der Waals surface area contributed by atoms with Gasteiger partial charge in [0.15, 0.2) is 0 Å². The first kappa shape index (κ1) is 10.2. The highest BCUT2D eigenvalue weighted by Crippen LogP contribution is 2.29. The third-order valence-electron chi connectivity index (χ3n) is 2.72. The van der Waals surface area contributed by atoms with E-state index in [9.17, 15) is 0 Å². The lowest BCUT2D eigenvalue weighted by molar-refractivity contribution is 0.0641. The maximum atomic E-state index is 5.69. The topological polar surface area (TPSA) is 18.5 Å². The van der Waals surface area contributed by atoms with Crippen LogP contribution in [0.1, 0.15) is 25.0 Å². The standard InChI is InChI=1S/C13H16O2/c1-10-7-8-15-13(9-10)11-3-5-12(14-2)6-4-11/h3-7,13H,8-9H2,1-2H3. The first-order valence-electron chi connectivity index (χ1n) is 5.21. The Bertz CT molecular complexity index is 351. The summed E-state index contributed by atoms with van der Waals surface area (Å²) in [5, 5.41) is 0. The van der Waals surface area contributed by atoms with Gasteiger partial charge in [-0.25, -0.2) is 0 Å². The molecule has 0 aliphatic carbocycles. The Labute approximate surface area is 90.5 Å². The van der Waals surface area contributed by atoms with E-state index in [0.717, 1.165) is 18.8 Å². The van der Waals surface area contributed by atoms with Gasteiger partial charge in [0.2, 0.25) is 0 Å². The van der Waals surface area contributed by atoms with Crippen LogP contribution in [-0.4, -0.2) is 13.7 Å². The molecule has 0 N–H and O–H groups in total. The lowest BCUT2D eigenvalue weighted by Gasteiger charge is -2.22. The number of rotatable bonds is 2. The minimum atomic E-state index is 0.209. The molecule has 1 heterocycles. The van der Waals surface area contributed by atoms with E-state index in [2.05, 4.69) is 25.1 Å². The zero-order valence-corrected chi connectivity index (χ0v) is 9.19. The van der Waals surface area contributed by atoms with Gasteiger partial charge in [-0.3, -0.25) is 0 Å². The van der Waals surface area contributed by atoms with E-state index >= 15 is 0 Å². The lowest BCUT2D eigenvalue weighted by atomic mass is 10.0. The van der Waals surface area contributed by atoms with Crippen molar-refractivity contribution in [3.63, 3.8) is 0 Å². The molecule has 0 spiro atoms. The van der Waals surface area contributed by atoms with Crippen LogP contribution in [0.5, 0.6) is 5.75 Å². The summed E-state index contributed by atoms with van der Waals surface area (Å²) in [5.74, 6) is 0.891. The number of ether oxygens (including phenoxy) is 2. The Balaban J connectivity index is 2.12. The molecule has 0 fully saturated rings. The Kier molecular flexibility index (Phi) is 3.07. The SMILES string of the molecule is COc1ccc(C2CC(C)=CCO2)cc1. The van der Waals surface area contributed by atoms with Crippen molar-refractivity contribution in [2.24, 2.45) is 0 Å². The van der Waals surface area contributed by atoms with Crippen LogP contribution in [0.2, 0.25) is 0 Å². The number of benzene rings is 1. The number of methoxy groups -OCH3 is 1. The van der Waals surface area contributed by atoms with Crippen LogP contribution >= 0.6 is 0 Å². The van der Waals surface area contributed by atoms with Crippen molar-refractivity contribution < 1.29 is 9.47 Å². The van der Waals surface area contributed by atoms with Gasteiger partial charge in [0, 0.05) is 0 Å². The molecule has 0 amide bonds. The first-order valence-corrected chi connectivity index (χ1v) is 5.21. The van der Waals surface area contributed by atoms with Crippen LogP contribution in [0.15, 0.2) is 35.9 Å². The van der Waals surface area contributed by atoms with Gasteiger partial charge >= 0.3 is 0 Å². The highest BCUT2D eigenvalue weighted by Gasteiger charge is 2.15. The summed E-state index contributed by atoms with van der Waals surface area (Å²) in [6, 6.07) is 8.10. The summed E-state index contributed by atoms with van der Waals surface area (Å²) in [7, 11) is 1.68. The molecule has 0 saturated carbocycles. The first-order chi connectivity index (χ1) is 7.29. The van der Waals surface area contributed by atoms with Crippen LogP contribution in [0.25, 0.3) is 0 Å². The molecular weight excluding hydrogens is 188 g/mol. The minimum Gasteiger partial charge on any atom is -0.497 e. The Hall–Kier alpha value is -1.28. The fourth-order valence-electron chi connectivity index (χ4n) is 1.77. The van der Waals surface area contributed by atoms with Crippen molar-refractivity contribution in [2.45, 2.75) is 19.4 Å². The van der Waals surface area contributed by atoms with Crippen molar-refractivity contribution in [2.75, 3.05) is 13.7 Å². The maximum absolute atomic E-state index is 5.69. The van der Waals surface area contributed by atoms with Gasteiger partial charge in [-0.2, -0.15) is 0 Å². The number of hydrogen-bond donors (Lipinski definition) is 0. The van der Waals surface area contributed by atoms with Crippen molar-refractivity contribution in [3.8, 4) is 5.75 Å². The van der Waals surface area contributed by atoms with Crippen molar-refractivity contribution >= 4 is 0 Å². The van der Waals surface area contributed by atoms with Crippen LogP contribution in [0.3, 0.4) is 0 Å². The van der Waals surface area contributed by atoms with Gasteiger partial charge in [0.1, 0.15) is 5.75 Å². The molecule has 80 valence electrons. The molecule has 1 aromatic rings. The Morgan fingerprint density at radius 1 is 1.27 bits per heavy atom. The molecule has 2 nitrogen and oxygen atoms in total. The molecule has 2 rings (SSSR count). The predicted molar refractivity (Wildman–Crippen MR) is 60.1 cm³/mol. The van der Waals surface area contributed by atoms with E-state index in [1.54, 1.807) is 7.11 Å². The molecule has 1 aliphatic heterocycles. The van der Waals surface area contributed by atoms with Crippen LogP contribution in [-0.2, 0) is 4.74 Å². The molecule has 2 heteroatoms. The molecule has 1 atom stereocenters. The van der Waals surface area contributed by atoms with E-state index in [0.29, 0.717) is 0 Å². The van der Waals surface area contributed by atoms with Crippen molar-refractivity contribution in [1.82, 2.24) is 0 Å². The lowest BCUT2D eigenvalue weighted by Crippen LogP contribution is -2.10. The Morgan fingerprint density at radius 2 is 2.00 bits per heavy atom. The fraction of sp³-hybridized carbons (Fsp3) is 0.385. The minimum absolute atomic E-state index is 0.209. The molecular formula is C13H16O2. The summed E-state index contributed by atoms with van der Waals surface area (Å²) in [4.78, 5) is 0. The number of hydrogen-bond acceptors (Lipinski definition) is 2. The van der Waals surface area contributed by atoms with Gasteiger partial charge in [0.25, 0.3) is 0 Å². The summed E-state index contributed by atoms with van der Waals surface area (Å²) >= 11 is 0. The summed E-state index contributed by atoms with van der Waals surface area (Å²) in [6.45, 7) is 2.88. The highest BCUT2D eigenvalue weighted by atomic mass is 16.5. The second-order valence-corrected chi connectivity index (χ2v) is 3.85. The van der Waals surface area contributed by atoms with Gasteiger partial charge in [0.05, 0.1) is 19.8 Å². The monoisotopic (exact) mass is 204 g/mol. The molecule has 0 radical (unpaired) electrons. The van der Waals surface area contributed by atoms with Crippen LogP contribution in [0.4, 0.5) is 0 Å². The molecule has 1 aliphatic rings. The third kappa shape index (κ3) is 2.39. The van der Waals surface area contributed by atoms with Crippen molar-refractivity contribution in [1.29, 1.82) is 0 Å². The third-order valence-corrected chi connectivity index (χ3v) is 2.72. The second-order valence-electron chi connectivity index (χ2n) is 3.85. The van der Waals surface area contributed by atoms with Gasteiger partial charge in [-0.05, 0) is 31.0 Å². The van der Waals surface area contributed by atoms with Gasteiger partial charge in [-0.1, -0.05) is 23.8 Å². The Morgan fingerprint density at radius 3 is 2.60 bits per heavy atom. The summed E-state index contributed by atoms with van der Waals surface area (Å²) < 4.78 is 10.8. The van der Waals surface area contributed by atoms with E-state index in [4.69, 9.17) is 9.47 Å². The molecule has 0 saturated heterocycles. The molecule has 0 aromatic heterocycles. The molecule has 15 heavy (non-hydrogen) atoms. The molecule has 0 bridgehead atoms. The normalized spacial score (nSPS) is 20.9. The van der Waals surface area contributed by atoms with Gasteiger partial charge < -0.3 is 9.47 Å². The fourth-order valence-corrected chi connectivity index (χ4v) is 1.77. The zero-order chi connectivity index (χ0) is 10.7. The van der Waals surface area contributed by atoms with E-state index in [-0.39, 0.29) is 6.10 Å². The molecule has 1 unspecified atom stereocenters. The highest BCUT2D eigenvalue weighted by molar-refractivity contribution is 5.29. The van der Waals surface area contributed by atoms with Crippen LogP contribution in [0, 0.1) is 0 Å². The predicted octanol–water partition coefficient (Wildman–Crippen LogP) is 3.10. The zero-order valence-electron chi connectivity index (χ0n) is 9.19. The van der Waals surface area contributed by atoms with E-state index < -0.39 is 0 Å². The average molecular weight is 204 g/mol. The largest absolute Gasteiger partial charge is 0.497 e. The summed E-state index contributed by atoms with van der Waals surface area (Å²) in [6.07, 6.45) is 3.34. The van der Waals surface area contributed by atoms with E-state index in [1.807, 2.05) is 12.1 Å². The summed E-state index contributed by atoms with van der Waals surface area (Å²) in [5.41, 5.74) is 2.63. The second kappa shape index (κ2) is 4.49. The average Bonchev–Trinajstić information content (AvgIpc) is 2.29. The van der Waals surface area contributed by atoms with Crippen LogP contribution < -0.4 is 4.74 Å². The van der Waals surface area contributed by atoms with Crippen molar-refractivity contribution in [3.05, 3.63) is 41.5 Å². The molecule has 1 aromatic carbocycles.